The highest BCUT2D eigenvalue weighted by Gasteiger charge is 2.16. The number of benzene rings is 2. The van der Waals surface area contributed by atoms with E-state index in [0.717, 1.165) is 34.7 Å². The average molecular weight is 496 g/mol. The lowest BCUT2D eigenvalue weighted by Crippen LogP contribution is -2.23. The van der Waals surface area contributed by atoms with E-state index in [0.29, 0.717) is 27.7 Å². The second kappa shape index (κ2) is 9.27. The number of furan rings is 1. The largest absolute Gasteiger partial charge is 0.494 e. The molecule has 0 spiro atoms. The molecule has 0 aliphatic rings. The molecule has 0 bridgehead atoms. The highest BCUT2D eigenvalue weighted by Crippen LogP contribution is 2.27. The third-order valence-electron chi connectivity index (χ3n) is 5.57. The van der Waals surface area contributed by atoms with Crippen molar-refractivity contribution in [2.45, 2.75) is 13.3 Å². The second-order valence-corrected chi connectivity index (χ2v) is 9.12. The molecule has 0 N–H and O–H groups in total. The smallest absolute Gasteiger partial charge is 0.291 e. The lowest BCUT2D eigenvalue weighted by Gasteiger charge is -2.05. The third-order valence-corrected chi connectivity index (χ3v) is 6.53. The van der Waals surface area contributed by atoms with E-state index in [4.69, 9.17) is 14.3 Å². The fraction of sp³-hybridized carbons (Fsp3) is 0.111. The molecule has 0 saturated heterocycles. The summed E-state index contributed by atoms with van der Waals surface area (Å²) in [6.07, 6.45) is 6.27. The maximum absolute atomic E-state index is 13.2. The van der Waals surface area contributed by atoms with Gasteiger partial charge in [-0.05, 0) is 61.0 Å². The van der Waals surface area contributed by atoms with Crippen LogP contribution < -0.4 is 14.8 Å². The van der Waals surface area contributed by atoms with E-state index in [-0.39, 0.29) is 5.56 Å². The summed E-state index contributed by atoms with van der Waals surface area (Å²) in [7, 11) is 0. The molecule has 0 saturated carbocycles. The maximum atomic E-state index is 13.2. The quantitative estimate of drug-likeness (QED) is 0.322. The molecule has 0 amide bonds. The zero-order valence-corrected chi connectivity index (χ0v) is 20.2. The summed E-state index contributed by atoms with van der Waals surface area (Å²) in [6, 6.07) is 21.2. The summed E-state index contributed by atoms with van der Waals surface area (Å²) in [5.41, 5.74) is 3.19. The van der Waals surface area contributed by atoms with Crippen LogP contribution in [0.2, 0.25) is 0 Å². The number of fused-ring (bicyclic) bond motifs is 1. The van der Waals surface area contributed by atoms with Crippen LogP contribution in [-0.2, 0) is 0 Å². The average Bonchev–Trinajstić information content (AvgIpc) is 3.70. The Morgan fingerprint density at radius 3 is 2.58 bits per heavy atom. The zero-order valence-electron chi connectivity index (χ0n) is 19.4. The first-order valence-corrected chi connectivity index (χ1v) is 12.3. The molecule has 0 atom stereocenters. The number of hydrogen-bond donors (Lipinski definition) is 0. The predicted molar refractivity (Wildman–Crippen MR) is 138 cm³/mol. The van der Waals surface area contributed by atoms with E-state index in [1.165, 1.54) is 15.9 Å². The first kappa shape index (κ1) is 22.0. The number of para-hydroxylation sites is 1. The summed E-state index contributed by atoms with van der Waals surface area (Å²) in [5, 5.41) is 9.19. The van der Waals surface area contributed by atoms with E-state index in [1.54, 1.807) is 18.4 Å². The van der Waals surface area contributed by atoms with Gasteiger partial charge in [0.25, 0.3) is 5.56 Å². The zero-order chi connectivity index (χ0) is 24.5. The summed E-state index contributed by atoms with van der Waals surface area (Å²) in [5.74, 6) is 1.72. The van der Waals surface area contributed by atoms with Crippen molar-refractivity contribution >= 4 is 22.4 Å². The Hall–Kier alpha value is -4.50. The van der Waals surface area contributed by atoms with E-state index in [2.05, 4.69) is 17.0 Å². The molecule has 0 unspecified atom stereocenters. The Morgan fingerprint density at radius 1 is 1.03 bits per heavy atom. The highest BCUT2D eigenvalue weighted by molar-refractivity contribution is 7.15. The van der Waals surface area contributed by atoms with Crippen molar-refractivity contribution in [2.24, 2.45) is 0 Å². The number of thiazole rings is 1. The fourth-order valence-corrected chi connectivity index (χ4v) is 4.74. The molecule has 6 rings (SSSR count). The molecule has 4 aromatic heterocycles. The minimum absolute atomic E-state index is 0.234. The first-order valence-electron chi connectivity index (χ1n) is 11.5. The molecule has 0 aliphatic carbocycles. The lowest BCUT2D eigenvalue weighted by atomic mass is 10.1. The number of rotatable bonds is 7. The Labute approximate surface area is 209 Å². The van der Waals surface area contributed by atoms with Gasteiger partial charge in [0.15, 0.2) is 5.76 Å². The van der Waals surface area contributed by atoms with Crippen LogP contribution in [0.25, 0.3) is 39.6 Å². The van der Waals surface area contributed by atoms with E-state index in [1.807, 2.05) is 71.6 Å². The van der Waals surface area contributed by atoms with Crippen molar-refractivity contribution in [1.29, 1.82) is 0 Å². The van der Waals surface area contributed by atoms with Gasteiger partial charge in [-0.15, -0.1) is 5.10 Å². The second-order valence-electron chi connectivity index (χ2n) is 8.11. The van der Waals surface area contributed by atoms with Crippen molar-refractivity contribution < 1.29 is 9.15 Å². The number of ether oxygens (including phenoxy) is 1. The minimum atomic E-state index is -0.234. The summed E-state index contributed by atoms with van der Waals surface area (Å²) in [4.78, 5) is 18.1. The molecule has 36 heavy (non-hydrogen) atoms. The number of hydrogen-bond acceptors (Lipinski definition) is 7. The van der Waals surface area contributed by atoms with Crippen molar-refractivity contribution in [1.82, 2.24) is 24.4 Å². The molecule has 6 aromatic rings. The van der Waals surface area contributed by atoms with Crippen LogP contribution in [0.5, 0.6) is 5.75 Å². The first-order chi connectivity index (χ1) is 17.7. The Kier molecular flexibility index (Phi) is 5.67. The van der Waals surface area contributed by atoms with Gasteiger partial charge < -0.3 is 9.15 Å². The molecule has 8 nitrogen and oxygen atoms in total. The standard InChI is InChI=1S/C27H21N5O3S/c1-2-14-34-21-12-10-18(11-13-21)24-19(17-31(29-24)20-7-4-3-5-8-20)16-23-26(33)32-27(36-23)28-25(30-32)22-9-6-15-35-22/h3-13,15-17H,2,14H2,1H3/b23-16-. The van der Waals surface area contributed by atoms with Gasteiger partial charge in [-0.2, -0.15) is 14.6 Å². The molecular weight excluding hydrogens is 474 g/mol. The molecule has 178 valence electrons. The van der Waals surface area contributed by atoms with Crippen LogP contribution in [0, 0.1) is 0 Å². The Bertz CT molecular complexity index is 1730. The van der Waals surface area contributed by atoms with Gasteiger partial charge in [-0.1, -0.05) is 36.5 Å². The Morgan fingerprint density at radius 2 is 1.86 bits per heavy atom. The lowest BCUT2D eigenvalue weighted by molar-refractivity contribution is 0.317. The van der Waals surface area contributed by atoms with Crippen LogP contribution in [0.3, 0.4) is 0 Å². The summed E-state index contributed by atoms with van der Waals surface area (Å²) < 4.78 is 14.7. The van der Waals surface area contributed by atoms with Gasteiger partial charge in [0.2, 0.25) is 10.8 Å². The monoisotopic (exact) mass is 495 g/mol. The minimum Gasteiger partial charge on any atom is -0.494 e. The molecule has 2 aromatic carbocycles. The van der Waals surface area contributed by atoms with Gasteiger partial charge in [0.05, 0.1) is 23.1 Å². The van der Waals surface area contributed by atoms with Crippen molar-refractivity contribution in [3.05, 3.63) is 99.6 Å². The molecule has 0 aliphatic heterocycles. The van der Waals surface area contributed by atoms with E-state index < -0.39 is 0 Å². The molecule has 0 fully saturated rings. The summed E-state index contributed by atoms with van der Waals surface area (Å²) >= 11 is 1.28. The van der Waals surface area contributed by atoms with Crippen LogP contribution in [-0.4, -0.2) is 31.0 Å². The van der Waals surface area contributed by atoms with Gasteiger partial charge in [0, 0.05) is 17.3 Å². The highest BCUT2D eigenvalue weighted by atomic mass is 32.1. The third kappa shape index (κ3) is 4.09. The van der Waals surface area contributed by atoms with Gasteiger partial charge in [-0.25, -0.2) is 4.68 Å². The Balaban J connectivity index is 1.45. The molecular formula is C27H21N5O3S. The maximum Gasteiger partial charge on any atom is 0.291 e. The molecule has 0 radical (unpaired) electrons. The number of nitrogens with zero attached hydrogens (tertiary/aromatic N) is 5. The van der Waals surface area contributed by atoms with Gasteiger partial charge in [-0.3, -0.25) is 4.79 Å². The van der Waals surface area contributed by atoms with Crippen molar-refractivity contribution in [3.63, 3.8) is 0 Å². The van der Waals surface area contributed by atoms with Crippen LogP contribution in [0.1, 0.15) is 18.9 Å². The topological polar surface area (TPSA) is 87.4 Å². The van der Waals surface area contributed by atoms with Gasteiger partial charge in [0.1, 0.15) is 11.4 Å². The summed E-state index contributed by atoms with van der Waals surface area (Å²) in [6.45, 7) is 2.75. The normalized spacial score (nSPS) is 12.0. The van der Waals surface area contributed by atoms with Crippen molar-refractivity contribution in [3.8, 4) is 34.3 Å². The molecule has 4 heterocycles. The van der Waals surface area contributed by atoms with Crippen molar-refractivity contribution in [2.75, 3.05) is 6.61 Å². The fourth-order valence-electron chi connectivity index (χ4n) is 3.84. The predicted octanol–water partition coefficient (Wildman–Crippen LogP) is 4.60. The van der Waals surface area contributed by atoms with Crippen LogP contribution in [0.4, 0.5) is 0 Å². The van der Waals surface area contributed by atoms with E-state index >= 15 is 0 Å². The van der Waals surface area contributed by atoms with E-state index in [9.17, 15) is 4.79 Å². The van der Waals surface area contributed by atoms with Crippen LogP contribution >= 0.6 is 11.3 Å². The van der Waals surface area contributed by atoms with Crippen LogP contribution in [0.15, 0.2) is 88.4 Å². The van der Waals surface area contributed by atoms with Gasteiger partial charge >= 0.3 is 0 Å². The SMILES string of the molecule is CCCOc1ccc(-c2nn(-c3ccccc3)cc2/C=c2\sc3nc(-c4ccco4)nn3c2=O)cc1. The number of aromatic nitrogens is 5. The molecule has 9 heteroatoms.